The molecule has 1 saturated heterocycles. The Labute approximate surface area is 104 Å². The molecule has 0 radical (unpaired) electrons. The van der Waals surface area contributed by atoms with Crippen LogP contribution in [0.5, 0.6) is 5.75 Å². The van der Waals surface area contributed by atoms with Gasteiger partial charge in [0.1, 0.15) is 5.75 Å². The summed E-state index contributed by atoms with van der Waals surface area (Å²) < 4.78 is 5.40. The number of aromatic hydroxyl groups is 1. The van der Waals surface area contributed by atoms with Crippen LogP contribution in [0.25, 0.3) is 0 Å². The summed E-state index contributed by atoms with van der Waals surface area (Å²) in [7, 11) is 0. The van der Waals surface area contributed by atoms with Crippen molar-refractivity contribution < 1.29 is 19.7 Å². The molecule has 1 aromatic rings. The summed E-state index contributed by atoms with van der Waals surface area (Å²) in [4.78, 5) is 11.7. The maximum atomic E-state index is 10.7. The molecule has 0 aromatic heterocycles. The highest BCUT2D eigenvalue weighted by Crippen LogP contribution is 2.27. The van der Waals surface area contributed by atoms with E-state index in [2.05, 4.69) is 0 Å². The molecule has 2 rings (SSSR count). The lowest BCUT2D eigenvalue weighted by molar-refractivity contribution is -0.148. The van der Waals surface area contributed by atoms with E-state index in [4.69, 9.17) is 14.9 Å². The molecule has 1 aromatic carbocycles. The van der Waals surface area contributed by atoms with Gasteiger partial charge in [-0.3, -0.25) is 0 Å². The lowest BCUT2D eigenvalue weighted by atomic mass is 10.2. The standard InChI is InChI=1S/C12H14O4S/c13-8-1-4-10(5-2-8)17-7-9-3-6-11(16-9)12(14)15/h1-2,4-5,9,11,13H,3,6-7H2,(H,14,15). The van der Waals surface area contributed by atoms with Gasteiger partial charge < -0.3 is 14.9 Å². The Hall–Kier alpha value is -1.20. The lowest BCUT2D eigenvalue weighted by Crippen LogP contribution is -2.21. The third-order valence-corrected chi connectivity index (χ3v) is 3.80. The molecule has 0 saturated carbocycles. The maximum absolute atomic E-state index is 10.7. The molecule has 5 heteroatoms. The van der Waals surface area contributed by atoms with Crippen LogP contribution >= 0.6 is 11.8 Å². The van der Waals surface area contributed by atoms with Gasteiger partial charge in [0.2, 0.25) is 0 Å². The highest BCUT2D eigenvalue weighted by atomic mass is 32.2. The summed E-state index contributed by atoms with van der Waals surface area (Å²) in [6.45, 7) is 0. The molecule has 1 aliphatic heterocycles. The van der Waals surface area contributed by atoms with Gasteiger partial charge in [0, 0.05) is 10.6 Å². The summed E-state index contributed by atoms with van der Waals surface area (Å²) in [6, 6.07) is 6.95. The smallest absolute Gasteiger partial charge is 0.332 e. The van der Waals surface area contributed by atoms with E-state index in [1.807, 2.05) is 12.1 Å². The van der Waals surface area contributed by atoms with Crippen molar-refractivity contribution in [1.82, 2.24) is 0 Å². The molecule has 1 heterocycles. The number of phenols is 1. The number of benzene rings is 1. The Kier molecular flexibility index (Phi) is 3.91. The minimum atomic E-state index is -0.873. The largest absolute Gasteiger partial charge is 0.508 e. The second kappa shape index (κ2) is 5.42. The van der Waals surface area contributed by atoms with Crippen molar-refractivity contribution in [1.29, 1.82) is 0 Å². The van der Waals surface area contributed by atoms with Crippen LogP contribution in [0.15, 0.2) is 29.2 Å². The van der Waals surface area contributed by atoms with Gasteiger partial charge in [0.05, 0.1) is 6.10 Å². The average molecular weight is 254 g/mol. The molecular formula is C12H14O4S. The number of rotatable bonds is 4. The van der Waals surface area contributed by atoms with Gasteiger partial charge in [0.25, 0.3) is 0 Å². The zero-order chi connectivity index (χ0) is 12.3. The molecule has 0 bridgehead atoms. The number of aliphatic carboxylic acids is 1. The van der Waals surface area contributed by atoms with E-state index in [1.165, 1.54) is 0 Å². The molecule has 1 aliphatic rings. The summed E-state index contributed by atoms with van der Waals surface area (Å²) in [6.07, 6.45) is 0.758. The first-order valence-corrected chi connectivity index (χ1v) is 6.44. The molecular weight excluding hydrogens is 240 g/mol. The van der Waals surface area contributed by atoms with Crippen molar-refractivity contribution in [2.24, 2.45) is 0 Å². The molecule has 2 N–H and O–H groups in total. The van der Waals surface area contributed by atoms with Crippen molar-refractivity contribution >= 4 is 17.7 Å². The number of carboxylic acid groups (broad SMARTS) is 1. The zero-order valence-corrected chi connectivity index (χ0v) is 10.0. The lowest BCUT2D eigenvalue weighted by Gasteiger charge is -2.10. The van der Waals surface area contributed by atoms with Crippen LogP contribution in [-0.4, -0.2) is 34.1 Å². The molecule has 2 unspecified atom stereocenters. The topological polar surface area (TPSA) is 66.8 Å². The van der Waals surface area contributed by atoms with E-state index in [1.54, 1.807) is 23.9 Å². The predicted molar refractivity (Wildman–Crippen MR) is 64.4 cm³/mol. The molecule has 2 atom stereocenters. The SMILES string of the molecule is O=C(O)C1CCC(CSc2ccc(O)cc2)O1. The number of phenolic OH excluding ortho intramolecular Hbond substituents is 1. The number of hydrogen-bond acceptors (Lipinski definition) is 4. The number of hydrogen-bond donors (Lipinski definition) is 2. The van der Waals surface area contributed by atoms with Crippen LogP contribution in [-0.2, 0) is 9.53 Å². The minimum absolute atomic E-state index is 0.00917. The number of carbonyl (C=O) groups is 1. The third-order valence-electron chi connectivity index (χ3n) is 2.66. The monoisotopic (exact) mass is 254 g/mol. The molecule has 17 heavy (non-hydrogen) atoms. The van der Waals surface area contributed by atoms with Gasteiger partial charge in [-0.2, -0.15) is 0 Å². The van der Waals surface area contributed by atoms with E-state index in [0.29, 0.717) is 6.42 Å². The summed E-state index contributed by atoms with van der Waals surface area (Å²) >= 11 is 1.61. The van der Waals surface area contributed by atoms with E-state index in [9.17, 15) is 4.79 Å². The Balaban J connectivity index is 1.80. The predicted octanol–water partition coefficient (Wildman–Crippen LogP) is 2.12. The van der Waals surface area contributed by atoms with Crippen LogP contribution in [0.1, 0.15) is 12.8 Å². The van der Waals surface area contributed by atoms with Gasteiger partial charge in [0.15, 0.2) is 6.10 Å². The first kappa shape index (κ1) is 12.3. The Morgan fingerprint density at radius 1 is 1.35 bits per heavy atom. The number of thioether (sulfide) groups is 1. The quantitative estimate of drug-likeness (QED) is 0.806. The molecule has 0 spiro atoms. The zero-order valence-electron chi connectivity index (χ0n) is 9.20. The molecule has 92 valence electrons. The van der Waals surface area contributed by atoms with Crippen molar-refractivity contribution in [3.05, 3.63) is 24.3 Å². The van der Waals surface area contributed by atoms with Gasteiger partial charge in [-0.05, 0) is 37.1 Å². The molecule has 0 amide bonds. The highest BCUT2D eigenvalue weighted by molar-refractivity contribution is 7.99. The Bertz CT molecular complexity index is 390. The van der Waals surface area contributed by atoms with Gasteiger partial charge in [-0.15, -0.1) is 11.8 Å². The second-order valence-corrected chi connectivity index (χ2v) is 5.06. The average Bonchev–Trinajstić information content (AvgIpc) is 2.77. The highest BCUT2D eigenvalue weighted by Gasteiger charge is 2.30. The second-order valence-electron chi connectivity index (χ2n) is 3.97. The molecule has 1 fully saturated rings. The van der Waals surface area contributed by atoms with Crippen molar-refractivity contribution in [3.8, 4) is 5.75 Å². The Morgan fingerprint density at radius 2 is 2.06 bits per heavy atom. The fraction of sp³-hybridized carbons (Fsp3) is 0.417. The fourth-order valence-electron chi connectivity index (χ4n) is 1.74. The van der Waals surface area contributed by atoms with Crippen LogP contribution in [0.2, 0.25) is 0 Å². The maximum Gasteiger partial charge on any atom is 0.332 e. The summed E-state index contributed by atoms with van der Waals surface area (Å²) in [5, 5.41) is 17.9. The van der Waals surface area contributed by atoms with Gasteiger partial charge in [-0.25, -0.2) is 4.79 Å². The van der Waals surface area contributed by atoms with E-state index < -0.39 is 12.1 Å². The fourth-order valence-corrected chi connectivity index (χ4v) is 2.69. The van der Waals surface area contributed by atoms with Crippen LogP contribution < -0.4 is 0 Å². The van der Waals surface area contributed by atoms with E-state index in [0.717, 1.165) is 17.1 Å². The van der Waals surface area contributed by atoms with Crippen LogP contribution in [0.3, 0.4) is 0 Å². The third kappa shape index (κ3) is 3.38. The summed E-state index contributed by atoms with van der Waals surface area (Å²) in [5.74, 6) is 0.119. The summed E-state index contributed by atoms with van der Waals surface area (Å²) in [5.41, 5.74) is 0. The van der Waals surface area contributed by atoms with Crippen LogP contribution in [0, 0.1) is 0 Å². The van der Waals surface area contributed by atoms with Crippen molar-refractivity contribution in [3.63, 3.8) is 0 Å². The van der Waals surface area contributed by atoms with E-state index >= 15 is 0 Å². The van der Waals surface area contributed by atoms with E-state index in [-0.39, 0.29) is 11.9 Å². The number of ether oxygens (including phenoxy) is 1. The minimum Gasteiger partial charge on any atom is -0.508 e. The first-order chi connectivity index (χ1) is 8.15. The first-order valence-electron chi connectivity index (χ1n) is 5.45. The van der Waals surface area contributed by atoms with Crippen LogP contribution in [0.4, 0.5) is 0 Å². The molecule has 0 aliphatic carbocycles. The van der Waals surface area contributed by atoms with Crippen molar-refractivity contribution in [2.45, 2.75) is 29.9 Å². The molecule has 4 nitrogen and oxygen atoms in total. The Morgan fingerprint density at radius 3 is 2.65 bits per heavy atom. The van der Waals surface area contributed by atoms with Gasteiger partial charge >= 0.3 is 5.97 Å². The number of carboxylic acids is 1. The normalized spacial score (nSPS) is 23.8. The van der Waals surface area contributed by atoms with Crippen molar-refractivity contribution in [2.75, 3.05) is 5.75 Å². The van der Waals surface area contributed by atoms with Gasteiger partial charge in [-0.1, -0.05) is 0 Å².